The standard InChI is InChI=1S/C37H41FN4O5Si/c1-23-35(48(3,4)38)32(20-34(45)41-21-26-13-9-8-12-25(26)18-28(41)22-43)47-37(23)29-19-27(14-16-31(29)40(2)36(37)46)42-33(44)17-15-30(39-42)24-10-6-5-7-11-24/h5-14,16,19,23,28,32,35,43H,15,17-18,20-22H2,1-4H3/t23-,28-,32+,35-,37+/m0/s1. The molecule has 0 aromatic heterocycles. The number of aliphatic hydroxyl groups is 1. The van der Waals surface area contributed by atoms with Crippen LogP contribution in [0.1, 0.15) is 48.4 Å². The lowest BCUT2D eigenvalue weighted by atomic mass is 9.82. The minimum atomic E-state index is -3.52. The summed E-state index contributed by atoms with van der Waals surface area (Å²) in [6, 6.07) is 22.5. The lowest BCUT2D eigenvalue weighted by molar-refractivity contribution is -0.150. The predicted molar refractivity (Wildman–Crippen MR) is 184 cm³/mol. The molecule has 0 saturated carbocycles. The van der Waals surface area contributed by atoms with Gasteiger partial charge < -0.3 is 23.8 Å². The Kier molecular flexibility index (Phi) is 8.12. The largest absolute Gasteiger partial charge is 0.394 e. The Morgan fingerprint density at radius 3 is 2.46 bits per heavy atom. The highest BCUT2D eigenvalue weighted by molar-refractivity contribution is 6.72. The number of halogens is 1. The fraction of sp³-hybridized carbons (Fsp3) is 0.405. The molecule has 1 spiro atoms. The number of hydrogen-bond acceptors (Lipinski definition) is 6. The lowest BCUT2D eigenvalue weighted by Gasteiger charge is -2.37. The summed E-state index contributed by atoms with van der Waals surface area (Å²) >= 11 is 0. The van der Waals surface area contributed by atoms with E-state index in [2.05, 4.69) is 0 Å². The van der Waals surface area contributed by atoms with Crippen LogP contribution in [0.3, 0.4) is 0 Å². The molecule has 4 heterocycles. The van der Waals surface area contributed by atoms with Gasteiger partial charge in [0.1, 0.15) is 0 Å². The zero-order valence-corrected chi connectivity index (χ0v) is 28.7. The number of likely N-dealkylation sites (N-methyl/N-ethyl adjacent to an activating group) is 1. The van der Waals surface area contributed by atoms with Crippen molar-refractivity contribution in [2.75, 3.05) is 23.6 Å². The summed E-state index contributed by atoms with van der Waals surface area (Å²) in [4.78, 5) is 44.7. The van der Waals surface area contributed by atoms with Crippen LogP contribution in [-0.4, -0.2) is 67.6 Å². The molecule has 4 aliphatic heterocycles. The summed E-state index contributed by atoms with van der Waals surface area (Å²) in [6.45, 7) is 5.21. The summed E-state index contributed by atoms with van der Waals surface area (Å²) < 4.78 is 23.2. The van der Waals surface area contributed by atoms with Crippen molar-refractivity contribution in [3.05, 3.63) is 95.1 Å². The molecule has 0 aliphatic carbocycles. The average molecular weight is 669 g/mol. The minimum Gasteiger partial charge on any atom is -0.394 e. The van der Waals surface area contributed by atoms with Crippen molar-refractivity contribution < 1.29 is 28.3 Å². The Morgan fingerprint density at radius 1 is 1.04 bits per heavy atom. The smallest absolute Gasteiger partial charge is 0.264 e. The number of benzene rings is 3. The zero-order valence-electron chi connectivity index (χ0n) is 27.7. The molecule has 5 atom stereocenters. The summed E-state index contributed by atoms with van der Waals surface area (Å²) in [6.07, 6.45) is 0.355. The highest BCUT2D eigenvalue weighted by Gasteiger charge is 2.66. The molecule has 1 saturated heterocycles. The van der Waals surface area contributed by atoms with Crippen LogP contribution in [0, 0.1) is 5.92 Å². The highest BCUT2D eigenvalue weighted by atomic mass is 28.4. The second-order valence-electron chi connectivity index (χ2n) is 14.0. The quantitative estimate of drug-likeness (QED) is 0.284. The third-order valence-electron chi connectivity index (χ3n) is 10.7. The van der Waals surface area contributed by atoms with E-state index in [9.17, 15) is 19.5 Å². The van der Waals surface area contributed by atoms with E-state index in [0.29, 0.717) is 36.3 Å². The molecule has 4 aliphatic rings. The van der Waals surface area contributed by atoms with Gasteiger partial charge in [0, 0.05) is 43.5 Å². The van der Waals surface area contributed by atoms with Crippen molar-refractivity contribution in [1.82, 2.24) is 4.90 Å². The highest BCUT2D eigenvalue weighted by Crippen LogP contribution is 2.60. The molecule has 1 N–H and O–H groups in total. The minimum absolute atomic E-state index is 0.114. The van der Waals surface area contributed by atoms with E-state index < -0.39 is 37.6 Å². The third-order valence-corrected chi connectivity index (χ3v) is 13.2. The third kappa shape index (κ3) is 5.19. The van der Waals surface area contributed by atoms with Crippen molar-refractivity contribution in [2.24, 2.45) is 11.0 Å². The number of anilines is 2. The van der Waals surface area contributed by atoms with Gasteiger partial charge in [-0.25, -0.2) is 5.01 Å². The Hall–Kier alpha value is -4.19. The van der Waals surface area contributed by atoms with E-state index in [-0.39, 0.29) is 37.2 Å². The summed E-state index contributed by atoms with van der Waals surface area (Å²) in [7, 11) is -1.85. The normalized spacial score (nSPS) is 27.0. The van der Waals surface area contributed by atoms with Crippen molar-refractivity contribution in [3.8, 4) is 0 Å². The van der Waals surface area contributed by atoms with Gasteiger partial charge in [-0.05, 0) is 54.4 Å². The Bertz CT molecular complexity index is 1810. The second-order valence-corrected chi connectivity index (χ2v) is 17.8. The summed E-state index contributed by atoms with van der Waals surface area (Å²) in [5, 5.41) is 16.3. The van der Waals surface area contributed by atoms with Crippen LogP contribution in [0.2, 0.25) is 18.6 Å². The van der Waals surface area contributed by atoms with Gasteiger partial charge in [0.2, 0.25) is 20.2 Å². The topological polar surface area (TPSA) is 103 Å². The molecular formula is C37H41FN4O5Si. The van der Waals surface area contributed by atoms with Gasteiger partial charge in [0.15, 0.2) is 5.60 Å². The maximum Gasteiger partial charge on any atom is 0.264 e. The van der Waals surface area contributed by atoms with Crippen molar-refractivity contribution in [2.45, 2.75) is 75.5 Å². The molecule has 3 aromatic carbocycles. The number of amides is 3. The molecule has 0 unspecified atom stereocenters. The zero-order chi connectivity index (χ0) is 34.0. The van der Waals surface area contributed by atoms with Crippen molar-refractivity contribution in [3.63, 3.8) is 0 Å². The number of fused-ring (bicyclic) bond motifs is 3. The molecule has 250 valence electrons. The fourth-order valence-corrected chi connectivity index (χ4v) is 10.9. The molecular weight excluding hydrogens is 628 g/mol. The molecule has 48 heavy (non-hydrogen) atoms. The first-order valence-electron chi connectivity index (χ1n) is 16.7. The maximum absolute atomic E-state index is 16.4. The molecule has 0 radical (unpaired) electrons. The monoisotopic (exact) mass is 668 g/mol. The van der Waals surface area contributed by atoms with Crippen LogP contribution in [-0.2, 0) is 37.7 Å². The van der Waals surface area contributed by atoms with E-state index in [1.54, 1.807) is 43.2 Å². The van der Waals surface area contributed by atoms with E-state index >= 15 is 4.11 Å². The number of hydrazone groups is 1. The average Bonchev–Trinajstić information content (AvgIpc) is 3.49. The van der Waals surface area contributed by atoms with Crippen LogP contribution < -0.4 is 9.91 Å². The first-order valence-corrected chi connectivity index (χ1v) is 19.6. The van der Waals surface area contributed by atoms with E-state index in [1.165, 1.54) is 9.91 Å². The van der Waals surface area contributed by atoms with Crippen molar-refractivity contribution in [1.29, 1.82) is 0 Å². The molecule has 9 nitrogen and oxygen atoms in total. The number of aliphatic hydroxyl groups excluding tert-OH is 1. The number of hydrogen-bond donors (Lipinski definition) is 1. The molecule has 0 bridgehead atoms. The number of rotatable bonds is 6. The van der Waals surface area contributed by atoms with Gasteiger partial charge in [-0.3, -0.25) is 14.4 Å². The van der Waals surface area contributed by atoms with E-state index in [1.807, 2.05) is 61.5 Å². The van der Waals surface area contributed by atoms with Gasteiger partial charge in [-0.1, -0.05) is 61.5 Å². The number of carbonyl (C=O) groups is 3. The number of carbonyl (C=O) groups excluding carboxylic acids is 3. The number of nitrogens with zero attached hydrogens (tertiary/aromatic N) is 4. The van der Waals surface area contributed by atoms with Crippen LogP contribution in [0.5, 0.6) is 0 Å². The first-order chi connectivity index (χ1) is 22.9. The fourth-order valence-electron chi connectivity index (χ4n) is 8.40. The molecule has 3 aromatic rings. The lowest BCUT2D eigenvalue weighted by Crippen LogP contribution is -2.48. The van der Waals surface area contributed by atoms with Gasteiger partial charge in [-0.15, -0.1) is 0 Å². The summed E-state index contributed by atoms with van der Waals surface area (Å²) in [5.74, 6) is -1.32. The second kappa shape index (κ2) is 12.0. The van der Waals surface area contributed by atoms with Crippen LogP contribution in [0.25, 0.3) is 0 Å². The molecule has 3 amide bonds. The van der Waals surface area contributed by atoms with Gasteiger partial charge in [0.05, 0.1) is 42.3 Å². The van der Waals surface area contributed by atoms with Crippen molar-refractivity contribution >= 4 is 43.2 Å². The Morgan fingerprint density at radius 2 is 1.75 bits per heavy atom. The van der Waals surface area contributed by atoms with Gasteiger partial charge in [-0.2, -0.15) is 5.10 Å². The van der Waals surface area contributed by atoms with Crippen LogP contribution >= 0.6 is 0 Å². The van der Waals surface area contributed by atoms with Gasteiger partial charge >= 0.3 is 0 Å². The van der Waals surface area contributed by atoms with Gasteiger partial charge in [0.25, 0.3) is 5.91 Å². The van der Waals surface area contributed by atoms with Crippen LogP contribution in [0.15, 0.2) is 77.9 Å². The predicted octanol–water partition coefficient (Wildman–Crippen LogP) is 5.31. The summed E-state index contributed by atoms with van der Waals surface area (Å²) in [5.41, 5.74) is 3.28. The maximum atomic E-state index is 16.4. The Balaban J connectivity index is 1.24. The SMILES string of the molecule is C[C@H]1[C@H]([Si](C)(C)F)[C@@H](CC(=O)N2Cc3ccccc3C[C@H]2CO)O[C@]12C(=O)N(C)c1ccc(N3N=C(c4ccccc4)CCC3=O)cc12. The number of ether oxygens (including phenoxy) is 1. The molecule has 1 fully saturated rings. The first kappa shape index (κ1) is 32.4. The van der Waals surface area contributed by atoms with E-state index in [0.717, 1.165) is 22.4 Å². The Labute approximate surface area is 281 Å². The van der Waals surface area contributed by atoms with Crippen LogP contribution in [0.4, 0.5) is 15.5 Å². The molecule has 11 heteroatoms. The molecule has 7 rings (SSSR count). The van der Waals surface area contributed by atoms with E-state index in [4.69, 9.17) is 9.84 Å².